The molecule has 0 saturated heterocycles. The highest BCUT2D eigenvalue weighted by molar-refractivity contribution is 5.54. The minimum atomic E-state index is -4.37. The largest absolute Gasteiger partial charge is 0.416 e. The van der Waals surface area contributed by atoms with E-state index in [2.05, 4.69) is 4.98 Å². The van der Waals surface area contributed by atoms with Crippen LogP contribution in [-0.4, -0.2) is 4.98 Å². The Bertz CT molecular complexity index is 665. The first-order chi connectivity index (χ1) is 9.97. The van der Waals surface area contributed by atoms with E-state index in [4.69, 9.17) is 5.73 Å². The van der Waals surface area contributed by atoms with E-state index in [0.717, 1.165) is 48.2 Å². The Morgan fingerprint density at radius 1 is 1.19 bits per heavy atom. The summed E-state index contributed by atoms with van der Waals surface area (Å²) in [6.07, 6.45) is 0.163. The molecule has 1 aromatic heterocycles. The summed E-state index contributed by atoms with van der Waals surface area (Å²) in [4.78, 5) is 4.41. The molecule has 1 unspecified atom stereocenters. The number of nitrogens with two attached hydrogens (primary N) is 1. The van der Waals surface area contributed by atoms with Gasteiger partial charge in [-0.2, -0.15) is 13.2 Å². The molecule has 110 valence electrons. The second kappa shape index (κ2) is 5.06. The molecule has 0 bridgehead atoms. The Kier molecular flexibility index (Phi) is 3.35. The highest BCUT2D eigenvalue weighted by Gasteiger charge is 2.32. The van der Waals surface area contributed by atoms with E-state index in [-0.39, 0.29) is 11.6 Å². The quantitative estimate of drug-likeness (QED) is 0.802. The van der Waals surface area contributed by atoms with Crippen molar-refractivity contribution < 1.29 is 13.2 Å². The van der Waals surface area contributed by atoms with E-state index in [9.17, 15) is 13.2 Å². The van der Waals surface area contributed by atoms with Crippen LogP contribution < -0.4 is 5.73 Å². The second-order valence-electron chi connectivity index (χ2n) is 5.33. The van der Waals surface area contributed by atoms with Crippen LogP contribution in [-0.2, 0) is 12.6 Å². The highest BCUT2D eigenvalue weighted by Crippen LogP contribution is 2.39. The van der Waals surface area contributed by atoms with Gasteiger partial charge in [-0.15, -0.1) is 0 Å². The Morgan fingerprint density at radius 3 is 2.71 bits per heavy atom. The summed E-state index contributed by atoms with van der Waals surface area (Å²) in [6, 6.07) is 7.52. The van der Waals surface area contributed by atoms with Crippen LogP contribution in [0.3, 0.4) is 0 Å². The van der Waals surface area contributed by atoms with Crippen molar-refractivity contribution in [3.05, 3.63) is 58.9 Å². The molecule has 1 aromatic carbocycles. The van der Waals surface area contributed by atoms with Gasteiger partial charge in [0.05, 0.1) is 11.3 Å². The van der Waals surface area contributed by atoms with Crippen LogP contribution in [0.25, 0.3) is 0 Å². The maximum absolute atomic E-state index is 12.7. The Labute approximate surface area is 120 Å². The minimum absolute atomic E-state index is 0.0165. The normalized spacial score (nSPS) is 18.3. The lowest BCUT2D eigenvalue weighted by atomic mass is 9.81. The summed E-state index contributed by atoms with van der Waals surface area (Å²) in [7, 11) is 0. The predicted octanol–water partition coefficient (Wildman–Crippen LogP) is 4.15. The van der Waals surface area contributed by atoms with Crippen molar-refractivity contribution in [2.75, 3.05) is 5.73 Å². The zero-order valence-electron chi connectivity index (χ0n) is 11.3. The van der Waals surface area contributed by atoms with Gasteiger partial charge in [-0.25, -0.2) is 0 Å². The first kappa shape index (κ1) is 13.9. The van der Waals surface area contributed by atoms with E-state index >= 15 is 0 Å². The van der Waals surface area contributed by atoms with Crippen molar-refractivity contribution in [1.82, 2.24) is 4.98 Å². The lowest BCUT2D eigenvalue weighted by molar-refractivity contribution is -0.137. The summed E-state index contributed by atoms with van der Waals surface area (Å²) >= 11 is 0. The SMILES string of the molecule is Nc1cc(C(F)(F)F)ccc1C1CCCc2cccnc21. The maximum atomic E-state index is 12.7. The van der Waals surface area contributed by atoms with Gasteiger partial charge in [-0.1, -0.05) is 12.1 Å². The molecule has 0 saturated carbocycles. The number of aromatic nitrogens is 1. The number of rotatable bonds is 1. The third-order valence-electron chi connectivity index (χ3n) is 3.98. The van der Waals surface area contributed by atoms with Gasteiger partial charge in [0.1, 0.15) is 0 Å². The van der Waals surface area contributed by atoms with Gasteiger partial charge in [0.15, 0.2) is 0 Å². The third kappa shape index (κ3) is 2.60. The van der Waals surface area contributed by atoms with Crippen LogP contribution in [0.1, 0.15) is 41.1 Å². The smallest absolute Gasteiger partial charge is 0.398 e. The molecule has 2 N–H and O–H groups in total. The van der Waals surface area contributed by atoms with Crippen LogP contribution in [0.4, 0.5) is 18.9 Å². The molecule has 1 heterocycles. The molecule has 0 aliphatic heterocycles. The number of hydrogen-bond donors (Lipinski definition) is 1. The molecule has 2 nitrogen and oxygen atoms in total. The molecule has 21 heavy (non-hydrogen) atoms. The van der Waals surface area contributed by atoms with Gasteiger partial charge < -0.3 is 5.73 Å². The van der Waals surface area contributed by atoms with Crippen LogP contribution in [0.15, 0.2) is 36.5 Å². The number of hydrogen-bond acceptors (Lipinski definition) is 2. The van der Waals surface area contributed by atoms with Crippen molar-refractivity contribution >= 4 is 5.69 Å². The van der Waals surface area contributed by atoms with Crippen LogP contribution in [0.2, 0.25) is 0 Å². The number of halogens is 3. The molecule has 5 heteroatoms. The summed E-state index contributed by atoms with van der Waals surface area (Å²) in [6.45, 7) is 0. The van der Waals surface area contributed by atoms with Crippen molar-refractivity contribution in [2.45, 2.75) is 31.4 Å². The van der Waals surface area contributed by atoms with Gasteiger partial charge in [0.2, 0.25) is 0 Å². The molecule has 1 aliphatic rings. The standard InChI is InChI=1S/C16H15F3N2/c17-16(18,19)11-6-7-12(14(20)9-11)13-5-1-3-10-4-2-8-21-15(10)13/h2,4,6-9,13H,1,3,5,20H2. The van der Waals surface area contributed by atoms with Crippen molar-refractivity contribution in [3.63, 3.8) is 0 Å². The van der Waals surface area contributed by atoms with E-state index in [1.165, 1.54) is 6.07 Å². The monoisotopic (exact) mass is 292 g/mol. The summed E-state index contributed by atoms with van der Waals surface area (Å²) < 4.78 is 38.1. The minimum Gasteiger partial charge on any atom is -0.398 e. The number of anilines is 1. The molecule has 0 spiro atoms. The van der Waals surface area contributed by atoms with Gasteiger partial charge in [0.25, 0.3) is 0 Å². The summed E-state index contributed by atoms with van der Waals surface area (Å²) in [5.74, 6) is -0.0165. The highest BCUT2D eigenvalue weighted by atomic mass is 19.4. The number of benzene rings is 1. The van der Waals surface area contributed by atoms with Crippen LogP contribution >= 0.6 is 0 Å². The molecule has 0 radical (unpaired) electrons. The molecule has 0 amide bonds. The van der Waals surface area contributed by atoms with E-state index in [1.807, 2.05) is 12.1 Å². The van der Waals surface area contributed by atoms with Crippen LogP contribution in [0, 0.1) is 0 Å². The third-order valence-corrected chi connectivity index (χ3v) is 3.98. The number of fused-ring (bicyclic) bond motifs is 1. The second-order valence-corrected chi connectivity index (χ2v) is 5.33. The van der Waals surface area contributed by atoms with Crippen molar-refractivity contribution in [3.8, 4) is 0 Å². The summed E-state index contributed by atoms with van der Waals surface area (Å²) in [5, 5.41) is 0. The number of pyridine rings is 1. The van der Waals surface area contributed by atoms with Crippen molar-refractivity contribution in [2.24, 2.45) is 0 Å². The number of aryl methyl sites for hydroxylation is 1. The Morgan fingerprint density at radius 2 is 2.00 bits per heavy atom. The Balaban J connectivity index is 2.03. The fraction of sp³-hybridized carbons (Fsp3) is 0.312. The molecule has 0 fully saturated rings. The predicted molar refractivity (Wildman–Crippen MR) is 74.9 cm³/mol. The van der Waals surface area contributed by atoms with E-state index in [0.29, 0.717) is 0 Å². The molecule has 1 aliphatic carbocycles. The lowest BCUT2D eigenvalue weighted by Crippen LogP contribution is -2.15. The van der Waals surface area contributed by atoms with Crippen molar-refractivity contribution in [1.29, 1.82) is 0 Å². The maximum Gasteiger partial charge on any atom is 0.416 e. The van der Waals surface area contributed by atoms with E-state index < -0.39 is 11.7 Å². The fourth-order valence-corrected chi connectivity index (χ4v) is 2.98. The van der Waals surface area contributed by atoms with Gasteiger partial charge in [0, 0.05) is 17.8 Å². The first-order valence-electron chi connectivity index (χ1n) is 6.87. The van der Waals surface area contributed by atoms with E-state index in [1.54, 1.807) is 6.20 Å². The summed E-state index contributed by atoms with van der Waals surface area (Å²) in [5.41, 5.74) is 8.20. The zero-order chi connectivity index (χ0) is 15.0. The average Bonchev–Trinajstić information content (AvgIpc) is 2.46. The average molecular weight is 292 g/mol. The van der Waals surface area contributed by atoms with Gasteiger partial charge in [-0.3, -0.25) is 4.98 Å². The van der Waals surface area contributed by atoms with Gasteiger partial charge >= 0.3 is 6.18 Å². The van der Waals surface area contributed by atoms with Gasteiger partial charge in [-0.05, 0) is 48.6 Å². The lowest BCUT2D eigenvalue weighted by Gasteiger charge is -2.26. The number of nitrogen functional groups attached to an aromatic ring is 1. The molecule has 1 atom stereocenters. The molecular weight excluding hydrogens is 277 g/mol. The first-order valence-corrected chi connectivity index (χ1v) is 6.87. The zero-order valence-corrected chi connectivity index (χ0v) is 11.3. The van der Waals surface area contributed by atoms with Crippen LogP contribution in [0.5, 0.6) is 0 Å². The topological polar surface area (TPSA) is 38.9 Å². The molecule has 3 rings (SSSR count). The molecular formula is C16H15F3N2. The number of alkyl halides is 3. The number of nitrogens with zero attached hydrogens (tertiary/aromatic N) is 1. The Hall–Kier alpha value is -2.04. The molecule has 2 aromatic rings. The fourth-order valence-electron chi connectivity index (χ4n) is 2.98.